The number of alkyl halides is 3. The Morgan fingerprint density at radius 2 is 2.25 bits per heavy atom. The SMILES string of the molecule is C=CC1=C=C(/C=C\CCc2noc(C(F)(F)F)n2)C(NC(=O)OC(C)C)CC1. The van der Waals surface area contributed by atoms with E-state index in [9.17, 15) is 18.0 Å². The van der Waals surface area contributed by atoms with Gasteiger partial charge >= 0.3 is 18.2 Å². The first-order valence-electron chi connectivity index (χ1n) is 8.84. The number of nitrogens with zero attached hydrogens (tertiary/aromatic N) is 2. The molecule has 152 valence electrons. The van der Waals surface area contributed by atoms with Crippen molar-refractivity contribution in [3.8, 4) is 0 Å². The largest absolute Gasteiger partial charge is 0.471 e. The van der Waals surface area contributed by atoms with Gasteiger partial charge in [0.2, 0.25) is 0 Å². The number of hydrogen-bond acceptors (Lipinski definition) is 5. The molecule has 28 heavy (non-hydrogen) atoms. The van der Waals surface area contributed by atoms with E-state index in [-0.39, 0.29) is 24.4 Å². The molecule has 0 saturated carbocycles. The molecule has 0 bridgehead atoms. The lowest BCUT2D eigenvalue weighted by molar-refractivity contribution is -0.159. The van der Waals surface area contributed by atoms with Gasteiger partial charge in [0.15, 0.2) is 5.82 Å². The zero-order valence-electron chi connectivity index (χ0n) is 15.7. The van der Waals surface area contributed by atoms with E-state index in [1.165, 1.54) is 0 Å². The van der Waals surface area contributed by atoms with E-state index >= 15 is 0 Å². The summed E-state index contributed by atoms with van der Waals surface area (Å²) in [5.74, 6) is -1.37. The van der Waals surface area contributed by atoms with Crippen LogP contribution in [0.25, 0.3) is 0 Å². The van der Waals surface area contributed by atoms with Crippen molar-refractivity contribution >= 4 is 6.09 Å². The number of aryl methyl sites for hydroxylation is 1. The normalized spacial score (nSPS) is 17.4. The molecule has 2 rings (SSSR count). The van der Waals surface area contributed by atoms with Gasteiger partial charge in [0.05, 0.1) is 12.1 Å². The van der Waals surface area contributed by atoms with Crippen molar-refractivity contribution in [1.29, 1.82) is 0 Å². The molecule has 1 aliphatic carbocycles. The summed E-state index contributed by atoms with van der Waals surface area (Å²) < 4.78 is 46.7. The highest BCUT2D eigenvalue weighted by Crippen LogP contribution is 2.27. The van der Waals surface area contributed by atoms with Gasteiger partial charge in [-0.3, -0.25) is 0 Å². The number of hydrogen-bond donors (Lipinski definition) is 1. The van der Waals surface area contributed by atoms with Gasteiger partial charge in [-0.15, -0.1) is 5.73 Å². The zero-order chi connectivity index (χ0) is 20.7. The molecule has 1 unspecified atom stereocenters. The maximum Gasteiger partial charge on any atom is 0.471 e. The molecule has 1 aliphatic rings. The quantitative estimate of drug-likeness (QED) is 0.685. The van der Waals surface area contributed by atoms with E-state index in [0.29, 0.717) is 12.8 Å². The number of aromatic nitrogens is 2. The number of alkyl carbamates (subject to hydrolysis) is 1. The van der Waals surface area contributed by atoms with Crippen molar-refractivity contribution in [2.45, 2.75) is 57.9 Å². The fourth-order valence-corrected chi connectivity index (χ4v) is 2.53. The molecule has 1 aromatic heterocycles. The average molecular weight is 397 g/mol. The number of carbonyl (C=O) groups excluding carboxylic acids is 1. The monoisotopic (exact) mass is 397 g/mol. The minimum absolute atomic E-state index is 0.0212. The first kappa shape index (κ1) is 21.5. The second kappa shape index (κ2) is 9.41. The van der Waals surface area contributed by atoms with E-state index in [1.54, 1.807) is 32.1 Å². The van der Waals surface area contributed by atoms with Crippen LogP contribution >= 0.6 is 0 Å². The Kier molecular flexibility index (Phi) is 7.23. The molecule has 1 aromatic rings. The number of halogens is 3. The topological polar surface area (TPSA) is 77.3 Å². The summed E-state index contributed by atoms with van der Waals surface area (Å²) in [5, 5.41) is 6.12. The third-order valence-electron chi connectivity index (χ3n) is 3.81. The van der Waals surface area contributed by atoms with Crippen LogP contribution in [-0.4, -0.2) is 28.4 Å². The van der Waals surface area contributed by atoms with Gasteiger partial charge < -0.3 is 14.6 Å². The molecule has 0 radical (unpaired) electrons. The fourth-order valence-electron chi connectivity index (χ4n) is 2.53. The Labute approximate surface area is 160 Å². The summed E-state index contributed by atoms with van der Waals surface area (Å²) >= 11 is 0. The van der Waals surface area contributed by atoms with Crippen molar-refractivity contribution in [2.24, 2.45) is 0 Å². The fraction of sp³-hybridized carbons (Fsp3) is 0.474. The molecule has 1 amide bonds. The highest BCUT2D eigenvalue weighted by molar-refractivity contribution is 5.68. The summed E-state index contributed by atoms with van der Waals surface area (Å²) in [7, 11) is 0. The lowest BCUT2D eigenvalue weighted by atomic mass is 9.93. The van der Waals surface area contributed by atoms with Crippen LogP contribution in [0.4, 0.5) is 18.0 Å². The summed E-state index contributed by atoms with van der Waals surface area (Å²) in [5.41, 5.74) is 4.86. The second-order valence-electron chi connectivity index (χ2n) is 6.45. The third-order valence-corrected chi connectivity index (χ3v) is 3.81. The highest BCUT2D eigenvalue weighted by Gasteiger charge is 2.38. The van der Waals surface area contributed by atoms with Crippen molar-refractivity contribution in [3.63, 3.8) is 0 Å². The number of amides is 1. The standard InChI is InChI=1S/C19H22F3N3O3/c1-4-13-9-10-15(23-18(26)27-12(2)3)14(11-13)7-5-6-8-16-24-17(28-25-16)19(20,21)22/h4-5,7,12,15H,1,6,8-10H2,2-3H3,(H,23,26)/b7-5-. The molecule has 0 aromatic carbocycles. The molecule has 1 atom stereocenters. The van der Waals surface area contributed by atoms with Gasteiger partial charge in [0.25, 0.3) is 0 Å². The van der Waals surface area contributed by atoms with Gasteiger partial charge in [-0.1, -0.05) is 30.0 Å². The van der Waals surface area contributed by atoms with E-state index < -0.39 is 18.2 Å². The van der Waals surface area contributed by atoms with Crippen LogP contribution < -0.4 is 5.32 Å². The van der Waals surface area contributed by atoms with Gasteiger partial charge in [-0.05, 0) is 38.7 Å². The van der Waals surface area contributed by atoms with Crippen LogP contribution in [0.15, 0.2) is 46.2 Å². The van der Waals surface area contributed by atoms with E-state index in [2.05, 4.69) is 32.3 Å². The van der Waals surface area contributed by atoms with Crippen LogP contribution in [0.1, 0.15) is 44.8 Å². The van der Waals surface area contributed by atoms with Gasteiger partial charge in [0.1, 0.15) is 0 Å². The molecule has 9 heteroatoms. The highest BCUT2D eigenvalue weighted by atomic mass is 19.4. The third kappa shape index (κ3) is 6.42. The predicted molar refractivity (Wildman–Crippen MR) is 95.3 cm³/mol. The first-order valence-corrected chi connectivity index (χ1v) is 8.84. The van der Waals surface area contributed by atoms with Crippen LogP contribution in [-0.2, 0) is 17.3 Å². The number of ether oxygens (including phenoxy) is 1. The van der Waals surface area contributed by atoms with Crippen molar-refractivity contribution in [1.82, 2.24) is 15.5 Å². The summed E-state index contributed by atoms with van der Waals surface area (Å²) in [6.07, 6.45) is 1.82. The van der Waals surface area contributed by atoms with Crippen LogP contribution in [0.2, 0.25) is 0 Å². The molecule has 0 saturated heterocycles. The minimum atomic E-state index is -4.65. The van der Waals surface area contributed by atoms with E-state index in [0.717, 1.165) is 17.6 Å². The van der Waals surface area contributed by atoms with Crippen molar-refractivity contribution in [2.75, 3.05) is 0 Å². The molecular weight excluding hydrogens is 375 g/mol. The lowest BCUT2D eigenvalue weighted by Gasteiger charge is -2.22. The van der Waals surface area contributed by atoms with Crippen LogP contribution in [0, 0.1) is 0 Å². The van der Waals surface area contributed by atoms with Gasteiger partial charge in [-0.2, -0.15) is 18.2 Å². The molecule has 1 N–H and O–H groups in total. The van der Waals surface area contributed by atoms with Gasteiger partial charge in [-0.25, -0.2) is 4.79 Å². The van der Waals surface area contributed by atoms with E-state index in [1.807, 2.05) is 0 Å². The van der Waals surface area contributed by atoms with Crippen LogP contribution in [0.5, 0.6) is 0 Å². The Bertz CT molecular complexity index is 803. The Morgan fingerprint density at radius 3 is 2.86 bits per heavy atom. The molecule has 0 aliphatic heterocycles. The van der Waals surface area contributed by atoms with E-state index in [4.69, 9.17) is 4.74 Å². The second-order valence-corrected chi connectivity index (χ2v) is 6.45. The van der Waals surface area contributed by atoms with Crippen molar-refractivity contribution in [3.05, 3.63) is 53.4 Å². The lowest BCUT2D eigenvalue weighted by Crippen LogP contribution is -2.38. The Hall–Kier alpha value is -2.80. The van der Waals surface area contributed by atoms with Gasteiger partial charge in [0, 0.05) is 12.0 Å². The summed E-state index contributed by atoms with van der Waals surface area (Å²) in [6.45, 7) is 7.25. The maximum absolute atomic E-state index is 12.5. The minimum Gasteiger partial charge on any atom is -0.447 e. The Morgan fingerprint density at radius 1 is 1.50 bits per heavy atom. The number of rotatable bonds is 7. The molecule has 0 fully saturated rings. The predicted octanol–water partition coefficient (Wildman–Crippen LogP) is 4.51. The summed E-state index contributed by atoms with van der Waals surface area (Å²) in [6, 6.07) is -0.270. The molecular formula is C19H22F3N3O3. The maximum atomic E-state index is 12.5. The number of nitrogens with one attached hydrogen (secondary N) is 1. The molecule has 1 heterocycles. The zero-order valence-corrected chi connectivity index (χ0v) is 15.7. The number of allylic oxidation sites excluding steroid dienone is 2. The number of carbonyl (C=O) groups is 1. The van der Waals surface area contributed by atoms with Crippen molar-refractivity contribution < 1.29 is 27.2 Å². The Balaban J connectivity index is 2.01. The smallest absolute Gasteiger partial charge is 0.447 e. The average Bonchev–Trinajstić information content (AvgIpc) is 3.08. The molecule has 6 nitrogen and oxygen atoms in total. The van der Waals surface area contributed by atoms with Crippen LogP contribution in [0.3, 0.4) is 0 Å². The first-order chi connectivity index (χ1) is 13.2. The molecule has 0 spiro atoms. The summed E-state index contributed by atoms with van der Waals surface area (Å²) in [4.78, 5) is 15.2.